The minimum Gasteiger partial charge on any atom is -0.311 e. The van der Waals surface area contributed by atoms with Crippen LogP contribution in [-0.2, 0) is 48.7 Å². The van der Waals surface area contributed by atoms with Gasteiger partial charge in [-0.15, -0.1) is 11.3 Å². The van der Waals surface area contributed by atoms with Crippen LogP contribution in [0.25, 0.3) is 10.1 Å². The lowest BCUT2D eigenvalue weighted by molar-refractivity contribution is 0.332. The Morgan fingerprint density at radius 2 is 0.812 bits per heavy atom. The summed E-state index contributed by atoms with van der Waals surface area (Å²) in [4.78, 5) is 8.01. The Labute approximate surface area is 515 Å². The van der Waals surface area contributed by atoms with Gasteiger partial charge in [-0.1, -0.05) is 168 Å². The van der Waals surface area contributed by atoms with Crippen LogP contribution in [0.15, 0.2) is 127 Å². The second-order valence-corrected chi connectivity index (χ2v) is 34.7. The van der Waals surface area contributed by atoms with Gasteiger partial charge in [0, 0.05) is 60.4 Å². The second-order valence-electron chi connectivity index (χ2n) is 33.7. The van der Waals surface area contributed by atoms with E-state index in [1.807, 2.05) is 0 Å². The third kappa shape index (κ3) is 8.66. The van der Waals surface area contributed by atoms with Crippen molar-refractivity contribution in [3.63, 3.8) is 0 Å². The van der Waals surface area contributed by atoms with E-state index in [4.69, 9.17) is 0 Å². The first kappa shape index (κ1) is 56.8. The number of anilines is 9. The summed E-state index contributed by atoms with van der Waals surface area (Å²) in [5.74, 6) is 0. The monoisotopic (exact) mass is 1140 g/mol. The topological polar surface area (TPSA) is 9.72 Å². The van der Waals surface area contributed by atoms with E-state index in [2.05, 4.69) is 285 Å². The van der Waals surface area contributed by atoms with E-state index in [9.17, 15) is 0 Å². The SMILES string of the molecule is CC(C)(C)c1cc2c3c(c1)N(c1ccc(N(c4ccccc4)c4ccc5c(c4)C(C)(C)CCC5(C)C)cc1)c1c(sc4cc5c(cc14)C(C)(C)CCC5(C)C)B3c1cc3c(cc1N2c1ccc2c(c1)C(C)(C)CCC2(C)C)C(C)(C)CCC3(C)C. The van der Waals surface area contributed by atoms with E-state index in [0.717, 1.165) is 5.69 Å². The molecular formula is C80H94BN3S. The normalized spacial score (nSPS) is 21.0. The Hall–Kier alpha value is -6.04. The van der Waals surface area contributed by atoms with E-state index < -0.39 is 0 Å². The molecule has 2 aliphatic heterocycles. The highest BCUT2D eigenvalue weighted by Crippen LogP contribution is 2.57. The zero-order chi connectivity index (χ0) is 60.3. The van der Waals surface area contributed by atoms with Crippen LogP contribution in [0, 0.1) is 0 Å². The molecule has 3 nitrogen and oxygen atoms in total. The number of hydrogen-bond acceptors (Lipinski definition) is 4. The van der Waals surface area contributed by atoms with Gasteiger partial charge in [0.2, 0.25) is 0 Å². The first-order chi connectivity index (χ1) is 39.7. The van der Waals surface area contributed by atoms with E-state index in [1.165, 1.54) is 173 Å². The molecule has 438 valence electrons. The molecule has 7 aromatic carbocycles. The summed E-state index contributed by atoms with van der Waals surface area (Å²) < 4.78 is 2.86. The summed E-state index contributed by atoms with van der Waals surface area (Å²) in [6, 6.07) is 51.9. The van der Waals surface area contributed by atoms with Crippen molar-refractivity contribution in [3.05, 3.63) is 177 Å². The predicted octanol–water partition coefficient (Wildman–Crippen LogP) is 21.1. The van der Waals surface area contributed by atoms with Crippen molar-refractivity contribution >= 4 is 95.0 Å². The second kappa shape index (κ2) is 18.3. The fraction of sp³-hybridized carbons (Fsp3) is 0.450. The highest BCUT2D eigenvalue weighted by Gasteiger charge is 2.50. The van der Waals surface area contributed by atoms with Gasteiger partial charge in [0.25, 0.3) is 6.71 Å². The minimum absolute atomic E-state index is 0.0252. The fourth-order valence-corrected chi connectivity index (χ4v) is 18.1. The van der Waals surface area contributed by atoms with Crippen molar-refractivity contribution in [2.45, 2.75) is 232 Å². The molecule has 0 N–H and O–H groups in total. The minimum atomic E-state index is -0.146. The molecule has 0 spiro atoms. The van der Waals surface area contributed by atoms with Crippen molar-refractivity contribution in [2.24, 2.45) is 0 Å². The Morgan fingerprint density at radius 1 is 0.388 bits per heavy atom. The molecule has 0 unspecified atom stereocenters. The van der Waals surface area contributed by atoms with E-state index in [1.54, 1.807) is 0 Å². The van der Waals surface area contributed by atoms with Crippen molar-refractivity contribution in [1.29, 1.82) is 0 Å². The molecule has 0 saturated heterocycles. The third-order valence-corrected chi connectivity index (χ3v) is 24.2. The number of para-hydroxylation sites is 1. The number of benzene rings is 7. The van der Waals surface area contributed by atoms with E-state index in [0.29, 0.717) is 0 Å². The Kier molecular flexibility index (Phi) is 12.2. The maximum Gasteiger partial charge on any atom is 0.264 e. The predicted molar refractivity (Wildman–Crippen MR) is 370 cm³/mol. The lowest BCUT2D eigenvalue weighted by Gasteiger charge is -2.48. The zero-order valence-corrected chi connectivity index (χ0v) is 55.9. The van der Waals surface area contributed by atoms with Crippen LogP contribution in [0.3, 0.4) is 0 Å². The van der Waals surface area contributed by atoms with Gasteiger partial charge < -0.3 is 14.7 Å². The van der Waals surface area contributed by atoms with Crippen molar-refractivity contribution < 1.29 is 0 Å². The van der Waals surface area contributed by atoms with Gasteiger partial charge in [0.05, 0.1) is 5.69 Å². The molecule has 0 bridgehead atoms. The number of thiophene rings is 1. The Balaban J connectivity index is 1.06. The highest BCUT2D eigenvalue weighted by atomic mass is 32.1. The highest BCUT2D eigenvalue weighted by molar-refractivity contribution is 7.33. The van der Waals surface area contributed by atoms with Gasteiger partial charge in [0.15, 0.2) is 0 Å². The zero-order valence-electron chi connectivity index (χ0n) is 55.1. The molecule has 8 aromatic rings. The smallest absolute Gasteiger partial charge is 0.264 e. The average molecular weight is 1140 g/mol. The molecule has 5 heteroatoms. The number of nitrogens with zero attached hydrogens (tertiary/aromatic N) is 3. The molecule has 0 atom stereocenters. The molecule has 85 heavy (non-hydrogen) atoms. The van der Waals surface area contributed by atoms with Crippen molar-refractivity contribution in [3.8, 4) is 0 Å². The molecule has 6 aliphatic rings. The number of rotatable bonds is 5. The summed E-state index contributed by atoms with van der Waals surface area (Å²) >= 11 is 2.08. The van der Waals surface area contributed by atoms with Crippen LogP contribution in [0.5, 0.6) is 0 Å². The van der Waals surface area contributed by atoms with Crippen LogP contribution in [-0.4, -0.2) is 6.71 Å². The van der Waals surface area contributed by atoms with Gasteiger partial charge in [-0.05, 0) is 252 Å². The standard InChI is InChI=1S/C80H94BN3S/c1-72(2,3)49-41-66-69-67(42-49)84(52-27-25-51(26-28-52)82(50-23-21-20-22-24-50)53-29-31-56-58(43-53)75(8,9)35-33-73(56,4)5)70-55-45-60-63(80(18,19)40-37-77(60,12)13)48-68(55)85-71(70)81(69)64-46-61-62(79(16,17)39-38-78(61,14)15)47-65(64)83(66)54-30-32-57-59(44-54)76(10,11)36-34-74(57,6)7/h20-32,41-48H,33-40H2,1-19H3. The van der Waals surface area contributed by atoms with Crippen LogP contribution < -0.4 is 30.4 Å². The molecule has 0 saturated carbocycles. The van der Waals surface area contributed by atoms with Gasteiger partial charge >= 0.3 is 0 Å². The van der Waals surface area contributed by atoms with Crippen LogP contribution in [0.4, 0.5) is 51.2 Å². The van der Waals surface area contributed by atoms with Crippen molar-refractivity contribution in [2.75, 3.05) is 14.7 Å². The molecule has 0 amide bonds. The maximum atomic E-state index is 2.76. The molecule has 14 rings (SSSR count). The summed E-state index contributed by atoms with van der Waals surface area (Å²) in [6.07, 6.45) is 9.45. The molecule has 4 aliphatic carbocycles. The largest absolute Gasteiger partial charge is 0.311 e. The van der Waals surface area contributed by atoms with Gasteiger partial charge in [-0.2, -0.15) is 0 Å². The summed E-state index contributed by atoms with van der Waals surface area (Å²) in [5.41, 5.74) is 28.0. The maximum absolute atomic E-state index is 2.76. The number of fused-ring (bicyclic) bond motifs is 10. The molecule has 0 fully saturated rings. The van der Waals surface area contributed by atoms with Crippen LogP contribution in [0.2, 0.25) is 0 Å². The quantitative estimate of drug-likeness (QED) is 0.159. The molecule has 0 radical (unpaired) electrons. The number of hydrogen-bond donors (Lipinski definition) is 0. The Bertz CT molecular complexity index is 4080. The van der Waals surface area contributed by atoms with Gasteiger partial charge in [-0.25, -0.2) is 0 Å². The lowest BCUT2D eigenvalue weighted by atomic mass is 9.35. The van der Waals surface area contributed by atoms with Crippen LogP contribution >= 0.6 is 11.3 Å². The summed E-state index contributed by atoms with van der Waals surface area (Å²) in [6.45, 7) is 47.1. The average Bonchev–Trinajstić information content (AvgIpc) is 1.70. The van der Waals surface area contributed by atoms with E-state index in [-0.39, 0.29) is 55.4 Å². The van der Waals surface area contributed by atoms with Gasteiger partial charge in [0.1, 0.15) is 0 Å². The van der Waals surface area contributed by atoms with Crippen molar-refractivity contribution in [1.82, 2.24) is 0 Å². The first-order valence-electron chi connectivity index (χ1n) is 32.5. The summed E-state index contributed by atoms with van der Waals surface area (Å²) in [7, 11) is 0. The van der Waals surface area contributed by atoms with Gasteiger partial charge in [-0.3, -0.25) is 0 Å². The fourth-order valence-electron chi connectivity index (χ4n) is 16.8. The Morgan fingerprint density at radius 3 is 1.35 bits per heavy atom. The van der Waals surface area contributed by atoms with E-state index >= 15 is 0 Å². The first-order valence-corrected chi connectivity index (χ1v) is 33.4. The van der Waals surface area contributed by atoms with Crippen LogP contribution in [0.1, 0.15) is 233 Å². The third-order valence-electron chi connectivity index (χ3n) is 23.0. The molecule has 3 heterocycles. The lowest BCUT2D eigenvalue weighted by Crippen LogP contribution is -2.61. The summed E-state index contributed by atoms with van der Waals surface area (Å²) in [5, 5.41) is 1.38. The molecule has 1 aromatic heterocycles. The molecular weight excluding hydrogens is 1050 g/mol.